The van der Waals surface area contributed by atoms with Crippen LogP contribution >= 0.6 is 35.1 Å². The van der Waals surface area contributed by atoms with Gasteiger partial charge < -0.3 is 45.8 Å². The van der Waals surface area contributed by atoms with E-state index in [0.717, 1.165) is 66.1 Å². The molecule has 4 aromatic heterocycles. The molecule has 19 nitrogen and oxygen atoms in total. The number of aliphatic hydroxyl groups is 6. The second-order valence-corrected chi connectivity index (χ2v) is 20.8. The minimum absolute atomic E-state index is 0.0594. The van der Waals surface area contributed by atoms with Crippen molar-refractivity contribution in [2.24, 2.45) is 11.7 Å². The Hall–Kier alpha value is -4.25. The molecule has 4 aliphatic rings. The van der Waals surface area contributed by atoms with E-state index in [1.807, 2.05) is 0 Å². The van der Waals surface area contributed by atoms with Crippen LogP contribution in [0, 0.1) is 29.2 Å². The molecule has 0 amide bonds. The molecule has 396 valence electrons. The fourth-order valence-corrected chi connectivity index (χ4v) is 10.8. The van der Waals surface area contributed by atoms with E-state index in [1.54, 1.807) is 12.1 Å². The first-order chi connectivity index (χ1) is 35.1. The third kappa shape index (κ3) is 12.7. The van der Waals surface area contributed by atoms with Crippen LogP contribution in [0.4, 0.5) is 17.6 Å². The number of hydrogen-bond donors (Lipinski definition) is 7. The Balaban J connectivity index is 0.000000165. The molecule has 2 aromatic carbocycles. The van der Waals surface area contributed by atoms with Crippen molar-refractivity contribution in [3.05, 3.63) is 81.6 Å². The van der Waals surface area contributed by atoms with Crippen LogP contribution in [0.15, 0.2) is 46.7 Å². The number of halogens is 5. The molecule has 4 saturated carbocycles. The van der Waals surface area contributed by atoms with E-state index in [1.165, 1.54) is 45.0 Å². The van der Waals surface area contributed by atoms with Crippen LogP contribution < -0.4 is 5.73 Å². The maximum atomic E-state index is 13.7. The van der Waals surface area contributed by atoms with Gasteiger partial charge in [0.1, 0.15) is 24.4 Å². The van der Waals surface area contributed by atoms with Crippen molar-refractivity contribution in [1.29, 1.82) is 0 Å². The van der Waals surface area contributed by atoms with E-state index in [2.05, 4.69) is 49.4 Å². The first-order valence-electron chi connectivity index (χ1n) is 24.1. The third-order valence-corrected chi connectivity index (χ3v) is 15.5. The highest BCUT2D eigenvalue weighted by atomic mass is 35.5. The van der Waals surface area contributed by atoms with Gasteiger partial charge >= 0.3 is 0 Å². The number of nitrogens with zero attached hydrogens (tertiary/aromatic N) is 10. The molecule has 4 heterocycles. The van der Waals surface area contributed by atoms with Crippen LogP contribution in [0.2, 0.25) is 5.15 Å². The molecule has 73 heavy (non-hydrogen) atoms. The number of aliphatic hydroxyl groups excluding tert-OH is 6. The van der Waals surface area contributed by atoms with Gasteiger partial charge in [0, 0.05) is 36.3 Å². The number of hydrogen-bond acceptors (Lipinski definition) is 19. The number of nitrogens with two attached hydrogens (primary N) is 1. The molecule has 0 bridgehead atoms. The summed E-state index contributed by atoms with van der Waals surface area (Å²) < 4.78 is 66.1. The summed E-state index contributed by atoms with van der Waals surface area (Å²) in [6.45, 7) is 3.93. The second kappa shape index (κ2) is 24.6. The van der Waals surface area contributed by atoms with Crippen LogP contribution in [0.5, 0.6) is 0 Å². The Labute approximate surface area is 430 Å². The molecular formula is C47H58ClF4N11O8S2. The molecular weight excluding hydrogens is 1020 g/mol. The van der Waals surface area contributed by atoms with E-state index in [9.17, 15) is 38.0 Å². The minimum atomic E-state index is -1.13. The van der Waals surface area contributed by atoms with Gasteiger partial charge in [-0.1, -0.05) is 71.5 Å². The van der Waals surface area contributed by atoms with Gasteiger partial charge in [0.05, 0.1) is 56.4 Å². The number of ether oxygens (including phenoxy) is 2. The molecule has 0 saturated heterocycles. The Morgan fingerprint density at radius 2 is 1.12 bits per heavy atom. The van der Waals surface area contributed by atoms with Gasteiger partial charge in [-0.05, 0) is 79.3 Å². The van der Waals surface area contributed by atoms with Gasteiger partial charge in [0.2, 0.25) is 0 Å². The standard InChI is InChI=1S/C24H29F2N5O4S.C14H20ClN5O4S.C9H9F2N/c1-2-7-36-24-27-17(10-13-8-14(13)12-3-4-15(25)16(26)9-12)20-23(28-24)31(30-29-20)18-11-19(35-6-5-32)22(34)21(18)33;1-2-5-25-14-16-12(15)9-13(17-14)20(19-18-9)7-6-8(24-4-3-21)11(23)10(7)22;10-7-2-1-5(3-8(7)11)6-4-9(6)12/h3-4,9,13-14,18-19,21-22,32-34H,2,5-8,10-11H2,1H3;7-8,10-11,21-23H,2-6H2,1H3;1-3,6,9H,4,12H2/t13-,14-,18+,19-,21-,22+;7-,8+,10+,11-;6-,9+/m010/s1. The second-order valence-electron chi connectivity index (χ2n) is 18.4. The van der Waals surface area contributed by atoms with Gasteiger partial charge in [0.15, 0.2) is 61.1 Å². The summed E-state index contributed by atoms with van der Waals surface area (Å²) >= 11 is 9.17. The van der Waals surface area contributed by atoms with E-state index in [-0.39, 0.29) is 55.4 Å². The smallest absolute Gasteiger partial charge is 0.191 e. The zero-order valence-corrected chi connectivity index (χ0v) is 42.2. The van der Waals surface area contributed by atoms with Crippen molar-refractivity contribution < 1.29 is 57.7 Å². The lowest BCUT2D eigenvalue weighted by molar-refractivity contribution is -0.0629. The summed E-state index contributed by atoms with van der Waals surface area (Å²) in [6.07, 6.45) is -0.856. The molecule has 26 heteroatoms. The van der Waals surface area contributed by atoms with E-state index in [4.69, 9.17) is 42.0 Å². The topological polar surface area (TPSA) is 279 Å². The predicted molar refractivity (Wildman–Crippen MR) is 261 cm³/mol. The number of rotatable bonds is 18. The fourth-order valence-electron chi connectivity index (χ4n) is 9.12. The van der Waals surface area contributed by atoms with Crippen molar-refractivity contribution in [1.82, 2.24) is 49.9 Å². The molecule has 6 aromatic rings. The van der Waals surface area contributed by atoms with E-state index in [0.29, 0.717) is 51.9 Å². The summed E-state index contributed by atoms with van der Waals surface area (Å²) in [5.41, 5.74) is 9.63. The fraction of sp³-hybridized carbons (Fsp3) is 0.574. The predicted octanol–water partition coefficient (Wildman–Crippen LogP) is 4.59. The minimum Gasteiger partial charge on any atom is -0.394 e. The van der Waals surface area contributed by atoms with E-state index >= 15 is 0 Å². The maximum absolute atomic E-state index is 13.7. The molecule has 0 unspecified atom stereocenters. The zero-order valence-electron chi connectivity index (χ0n) is 39.8. The lowest BCUT2D eigenvalue weighted by Gasteiger charge is -2.17. The van der Waals surface area contributed by atoms with Gasteiger partial charge in [-0.25, -0.2) is 46.9 Å². The monoisotopic (exact) mass is 1080 g/mol. The summed E-state index contributed by atoms with van der Waals surface area (Å²) in [5.74, 6) is -1.05. The molecule has 0 aliphatic heterocycles. The molecule has 0 radical (unpaired) electrons. The van der Waals surface area contributed by atoms with E-state index < -0.39 is 72.0 Å². The quantitative estimate of drug-likeness (QED) is 0.0268. The van der Waals surface area contributed by atoms with Crippen molar-refractivity contribution in [2.75, 3.05) is 37.9 Å². The number of fused-ring (bicyclic) bond motifs is 2. The van der Waals surface area contributed by atoms with Crippen LogP contribution in [0.1, 0.15) is 93.1 Å². The molecule has 10 rings (SSSR count). The Kier molecular flexibility index (Phi) is 18.5. The molecule has 8 N–H and O–H groups in total. The zero-order chi connectivity index (χ0) is 52.1. The highest BCUT2D eigenvalue weighted by molar-refractivity contribution is 7.99. The highest BCUT2D eigenvalue weighted by Gasteiger charge is 2.46. The third-order valence-electron chi connectivity index (χ3n) is 13.1. The largest absolute Gasteiger partial charge is 0.394 e. The van der Waals surface area contributed by atoms with Crippen LogP contribution in [0.25, 0.3) is 22.3 Å². The normalized spacial score (nSPS) is 27.3. The van der Waals surface area contributed by atoms with Crippen LogP contribution in [-0.4, -0.2) is 161 Å². The van der Waals surface area contributed by atoms with Gasteiger partial charge in [-0.15, -0.1) is 10.2 Å². The van der Waals surface area contributed by atoms with Gasteiger partial charge in [-0.2, -0.15) is 0 Å². The number of aromatic nitrogens is 10. The lowest BCUT2D eigenvalue weighted by Crippen LogP contribution is -2.33. The molecule has 12 atom stereocenters. The SMILES string of the molecule is CCCSc1nc(C[C@@H]2C[C@H]2c2ccc(F)c(F)c2)c2nnn([C@@H]3C[C@H](OCCO)[C@@H](O)[C@H]3O)c2n1.CCCSc1nc(Cl)c2nnn([C@@H]3C[C@H](OCCO)[C@@H](O)[C@H]3O)c2n1.N[C@@H]1C[C@H]1c1ccc(F)c(F)c1. The van der Waals surface area contributed by atoms with Crippen molar-refractivity contribution in [3.63, 3.8) is 0 Å². The highest BCUT2D eigenvalue weighted by Crippen LogP contribution is 2.50. The average molecular weight is 1080 g/mol. The summed E-state index contributed by atoms with van der Waals surface area (Å²) in [4.78, 5) is 18.1. The van der Waals surface area contributed by atoms with Gasteiger partial charge in [-0.3, -0.25) is 0 Å². The van der Waals surface area contributed by atoms with Crippen LogP contribution in [-0.2, 0) is 15.9 Å². The summed E-state index contributed by atoms with van der Waals surface area (Å²) in [6, 6.07) is 6.99. The number of thioether (sulfide) groups is 2. The summed E-state index contributed by atoms with van der Waals surface area (Å²) in [7, 11) is 0. The molecule has 4 fully saturated rings. The lowest BCUT2D eigenvalue weighted by atomic mass is 10.1. The molecule has 4 aliphatic carbocycles. The average Bonchev–Trinajstić information content (AvgIpc) is 4.11. The first kappa shape index (κ1) is 55.0. The van der Waals surface area contributed by atoms with Crippen LogP contribution in [0.3, 0.4) is 0 Å². The summed E-state index contributed by atoms with van der Waals surface area (Å²) in [5, 5.41) is 77.6. The van der Waals surface area contributed by atoms with Crippen molar-refractivity contribution in [3.8, 4) is 0 Å². The van der Waals surface area contributed by atoms with Crippen molar-refractivity contribution in [2.45, 2.75) is 136 Å². The Bertz CT molecular complexity index is 2830. The van der Waals surface area contributed by atoms with Gasteiger partial charge in [0.25, 0.3) is 0 Å². The first-order valence-corrected chi connectivity index (χ1v) is 26.5. The Morgan fingerprint density at radius 1 is 0.644 bits per heavy atom. The Morgan fingerprint density at radius 3 is 1.60 bits per heavy atom. The molecule has 0 spiro atoms. The number of benzene rings is 2. The maximum Gasteiger partial charge on any atom is 0.191 e. The van der Waals surface area contributed by atoms with Crippen molar-refractivity contribution >= 4 is 57.5 Å².